The van der Waals surface area contributed by atoms with Crippen molar-refractivity contribution >= 4 is 81.9 Å². The van der Waals surface area contributed by atoms with Crippen LogP contribution in [0.15, 0.2) is 243 Å². The highest BCUT2D eigenvalue weighted by Gasteiger charge is 2.27. The Morgan fingerprint density at radius 1 is 0.204 bits per heavy atom. The molecule has 8 N–H and O–H groups in total. The van der Waals surface area contributed by atoms with Crippen molar-refractivity contribution < 1.29 is 153 Å². The molecule has 8 aromatic carbocycles. The lowest BCUT2D eigenvalue weighted by Gasteiger charge is -2.15. The molecule has 0 heterocycles. The number of halogens is 4. The van der Waals surface area contributed by atoms with Gasteiger partial charge in [0.05, 0.1) is 0 Å². The topological polar surface area (TPSA) is 551 Å². The number of carbonyl (C=O) groups excluding carboxylic acids is 8. The zero-order chi connectivity index (χ0) is 82.8. The van der Waals surface area contributed by atoms with Crippen LogP contribution in [0.3, 0.4) is 0 Å². The standard InChI is InChI=1S/8C9H9O2.4FH2O3P/c8*10-6-9(7-11)8-4-2-1-3-5-8;4*1-5(2,3)4/h8*1-5,9-10H,6H2;4*(H2,2,3,4)/q8*+1;;;;/p-8. The number of aliphatic hydroxyl groups excluding tert-OH is 8. The first-order chi connectivity index (χ1) is 51.0. The molecule has 0 aromatic heterocycles. The monoisotopic (exact) mass is 1580 g/mol. The molecule has 8 unspecified atom stereocenters. The summed E-state index contributed by atoms with van der Waals surface area (Å²) in [6.07, 6.45) is 14.1. The van der Waals surface area contributed by atoms with Crippen LogP contribution in [0.2, 0.25) is 0 Å². The molecule has 0 aliphatic carbocycles. The molecular formula is C72H72F4O28P4. The maximum Gasteiger partial charge on any atom is 0.517 e. The second kappa shape index (κ2) is 64.6. The van der Waals surface area contributed by atoms with Crippen LogP contribution in [-0.4, -0.2) is 144 Å². The Kier molecular flexibility index (Phi) is 62.6. The third-order valence-corrected chi connectivity index (χ3v) is 12.2. The van der Waals surface area contributed by atoms with Gasteiger partial charge in [-0.3, -0.25) is 0 Å². The smallest absolute Gasteiger partial charge is 0.517 e. The molecule has 0 amide bonds. The van der Waals surface area contributed by atoms with Crippen molar-refractivity contribution in [1.29, 1.82) is 0 Å². The molecule has 0 aliphatic rings. The van der Waals surface area contributed by atoms with E-state index in [1.165, 1.54) is 0 Å². The second-order valence-electron chi connectivity index (χ2n) is 19.8. The first-order valence-electron chi connectivity index (χ1n) is 30.2. The molecule has 0 bridgehead atoms. The number of hydrogen-bond donors (Lipinski definition) is 8. The van der Waals surface area contributed by atoms with Gasteiger partial charge in [-0.25, -0.2) is 16.8 Å². The first-order valence-corrected chi connectivity index (χ1v) is 35.9. The molecule has 0 saturated heterocycles. The van der Waals surface area contributed by atoms with Gasteiger partial charge in [0.1, 0.15) is 84.5 Å². The molecule has 0 saturated carbocycles. The largest absolute Gasteiger partial charge is 0.786 e. The lowest BCUT2D eigenvalue weighted by Crippen LogP contribution is -2.07. The van der Waals surface area contributed by atoms with E-state index < -0.39 is 79.0 Å². The third-order valence-electron chi connectivity index (χ3n) is 12.2. The summed E-state index contributed by atoms with van der Waals surface area (Å²) in [6.45, 7) is -1.38. The van der Waals surface area contributed by atoms with E-state index in [9.17, 15) is 55.1 Å². The zero-order valence-corrected chi connectivity index (χ0v) is 60.0. The van der Waals surface area contributed by atoms with E-state index in [-0.39, 0.29) is 52.9 Å². The molecular weight excluding hydrogens is 1510 g/mol. The first kappa shape index (κ1) is 105. The van der Waals surface area contributed by atoms with Gasteiger partial charge in [-0.05, 0) is 0 Å². The van der Waals surface area contributed by atoms with Crippen molar-refractivity contribution in [3.63, 3.8) is 0 Å². The van der Waals surface area contributed by atoms with E-state index in [1.54, 1.807) is 147 Å². The Hall–Kier alpha value is -9.60. The van der Waals surface area contributed by atoms with Crippen LogP contribution >= 0.6 is 31.6 Å². The van der Waals surface area contributed by atoms with Crippen molar-refractivity contribution in [2.24, 2.45) is 0 Å². The van der Waals surface area contributed by atoms with E-state index in [0.29, 0.717) is 0 Å². The average molecular weight is 1590 g/mol. The number of rotatable bonds is 24. The molecule has 576 valence electrons. The van der Waals surface area contributed by atoms with Crippen molar-refractivity contribution in [1.82, 2.24) is 0 Å². The normalized spacial score (nSPS) is 12.0. The molecule has 0 aliphatic heterocycles. The van der Waals surface area contributed by atoms with Crippen molar-refractivity contribution in [3.05, 3.63) is 287 Å². The number of benzene rings is 8. The minimum atomic E-state index is -5.64. The predicted octanol–water partition coefficient (Wildman–Crippen LogP) is 2.12. The minimum absolute atomic E-state index is 0.173. The van der Waals surface area contributed by atoms with Crippen LogP contribution in [0.25, 0.3) is 0 Å². The quantitative estimate of drug-likeness (QED) is 0.0244. The summed E-state index contributed by atoms with van der Waals surface area (Å²) in [6, 6.07) is 72.9. The highest BCUT2D eigenvalue weighted by molar-refractivity contribution is 7.43. The second-order valence-corrected chi connectivity index (χ2v) is 23.3. The molecule has 8 rings (SSSR count). The lowest BCUT2D eigenvalue weighted by molar-refractivity contribution is -0.330. The molecule has 0 fully saturated rings. The summed E-state index contributed by atoms with van der Waals surface area (Å²) in [7, 11) is -22.6. The van der Waals surface area contributed by atoms with Crippen LogP contribution in [0.1, 0.15) is 91.9 Å². The van der Waals surface area contributed by atoms with Gasteiger partial charge in [-0.15, -0.1) is 0 Å². The molecule has 8 aromatic rings. The Bertz CT molecular complexity index is 3020. The molecule has 28 nitrogen and oxygen atoms in total. The molecule has 108 heavy (non-hydrogen) atoms. The Balaban J connectivity index is -0.000000553. The molecule has 36 heteroatoms. The van der Waals surface area contributed by atoms with Crippen molar-refractivity contribution in [3.8, 4) is 0 Å². The maximum absolute atomic E-state index is 10.3. The van der Waals surface area contributed by atoms with Gasteiger partial charge < -0.3 is 98.3 Å². The molecule has 0 spiro atoms. The van der Waals surface area contributed by atoms with Crippen LogP contribution in [0, 0.1) is 0 Å². The Morgan fingerprint density at radius 2 is 0.269 bits per heavy atom. The molecule has 8 atom stereocenters. The fourth-order valence-electron chi connectivity index (χ4n) is 7.17. The van der Waals surface area contributed by atoms with Gasteiger partial charge in [0.2, 0.25) is 0 Å². The summed E-state index contributed by atoms with van der Waals surface area (Å²) in [5.41, 5.74) is 6.48. The predicted molar refractivity (Wildman–Crippen MR) is 371 cm³/mol. The van der Waals surface area contributed by atoms with E-state index in [1.807, 2.05) is 146 Å². The van der Waals surface area contributed by atoms with Crippen LogP contribution in [0.4, 0.5) is 16.8 Å². The van der Waals surface area contributed by atoms with Crippen molar-refractivity contribution in [2.75, 3.05) is 52.9 Å². The average Bonchev–Trinajstić information content (AvgIpc) is 0.970. The highest BCUT2D eigenvalue weighted by atomic mass is 31.2. The Morgan fingerprint density at radius 3 is 0.315 bits per heavy atom. The third kappa shape index (κ3) is 62.6. The summed E-state index contributed by atoms with van der Waals surface area (Å²) in [4.78, 5) is 150. The summed E-state index contributed by atoms with van der Waals surface area (Å²) < 4.78 is 74.3. The fraction of sp³-hybridized carbons (Fsp3) is 0.222. The van der Waals surface area contributed by atoms with Gasteiger partial charge in [-0.2, -0.15) is 0 Å². The van der Waals surface area contributed by atoms with Gasteiger partial charge in [0.15, 0.2) is 0 Å². The lowest BCUT2D eigenvalue weighted by atomic mass is 10.0. The SMILES string of the molecule is O=P([O-])([O-])F.O=P([O-])([O-])F.O=P([O-])([O-])F.O=P([O-])([O-])F.O=[C+]C(CO)c1ccccc1.O=[C+]C(CO)c1ccccc1.O=[C+]C(CO)c1ccccc1.O=[C+]C(CO)c1ccccc1.O=[C+]C(CO)c1ccccc1.O=[C+]C(CO)c1ccccc1.O=[C+]C(CO)c1ccccc1.O=[C+]C(CO)c1ccccc1. The molecule has 0 radical (unpaired) electrons. The highest BCUT2D eigenvalue weighted by Crippen LogP contribution is 2.24. The number of hydrogen-bond acceptors (Lipinski definition) is 28. The fourth-order valence-corrected chi connectivity index (χ4v) is 7.17. The Labute approximate surface area is 620 Å². The van der Waals surface area contributed by atoms with Gasteiger partial charge >= 0.3 is 50.3 Å². The van der Waals surface area contributed by atoms with Gasteiger partial charge in [0, 0.05) is 82.9 Å². The van der Waals surface area contributed by atoms with Crippen LogP contribution in [0.5, 0.6) is 0 Å². The minimum Gasteiger partial charge on any atom is -0.786 e. The van der Waals surface area contributed by atoms with E-state index >= 15 is 0 Å². The zero-order valence-electron chi connectivity index (χ0n) is 56.4. The van der Waals surface area contributed by atoms with Crippen LogP contribution < -0.4 is 39.1 Å². The van der Waals surface area contributed by atoms with E-state index in [0.717, 1.165) is 44.5 Å². The van der Waals surface area contributed by atoms with Crippen LogP contribution in [-0.2, 0) is 56.6 Å². The van der Waals surface area contributed by atoms with E-state index in [2.05, 4.69) is 0 Å². The summed E-state index contributed by atoms with van der Waals surface area (Å²) in [5.74, 6) is -3.92. The van der Waals surface area contributed by atoms with E-state index in [4.69, 9.17) is 98.3 Å². The van der Waals surface area contributed by atoms with Crippen molar-refractivity contribution in [2.45, 2.75) is 47.3 Å². The summed E-state index contributed by atoms with van der Waals surface area (Å²) >= 11 is 0. The maximum atomic E-state index is 10.3. The van der Waals surface area contributed by atoms with Gasteiger partial charge in [-0.1, -0.05) is 243 Å². The summed E-state index contributed by atoms with van der Waals surface area (Å²) in [5, 5.41) is 69.7. The van der Waals surface area contributed by atoms with Gasteiger partial charge in [0.25, 0.3) is 47.3 Å². The number of aliphatic hydroxyl groups is 8.